The van der Waals surface area contributed by atoms with Crippen LogP contribution >= 0.6 is 11.3 Å². The lowest BCUT2D eigenvalue weighted by atomic mass is 10.2. The van der Waals surface area contributed by atoms with E-state index >= 15 is 0 Å². The molecule has 0 fully saturated rings. The summed E-state index contributed by atoms with van der Waals surface area (Å²) in [6.45, 7) is 5.09. The Bertz CT molecular complexity index is 539. The van der Waals surface area contributed by atoms with Crippen molar-refractivity contribution in [2.45, 2.75) is 38.8 Å². The van der Waals surface area contributed by atoms with Crippen molar-refractivity contribution in [2.24, 2.45) is 0 Å². The summed E-state index contributed by atoms with van der Waals surface area (Å²) in [6, 6.07) is 4.19. The number of thiophene rings is 1. The predicted molar refractivity (Wildman–Crippen MR) is 73.5 cm³/mol. The largest absolute Gasteiger partial charge is 0.480 e. The minimum Gasteiger partial charge on any atom is -0.480 e. The average Bonchev–Trinajstić information content (AvgIpc) is 2.73. The fourth-order valence-corrected chi connectivity index (χ4v) is 2.25. The minimum absolute atomic E-state index is 0.112. The Kier molecular flexibility index (Phi) is 5.11. The zero-order chi connectivity index (χ0) is 15.3. The Labute approximate surface area is 121 Å². The van der Waals surface area contributed by atoms with Crippen LogP contribution in [0.2, 0.25) is 0 Å². The summed E-state index contributed by atoms with van der Waals surface area (Å²) in [5.74, 6) is -1.15. The standard InChI is InChI=1S/C13H16N2O4S/c1-13(2,3)19-12(18)15-10(11(16)17)6-8-4-5-9(7-14)20-8/h4-5,10H,6H2,1-3H3,(H,15,18)(H,16,17)/t10-/m1/s1. The van der Waals surface area contributed by atoms with E-state index in [4.69, 9.17) is 15.1 Å². The van der Waals surface area contributed by atoms with E-state index in [0.717, 1.165) is 0 Å². The van der Waals surface area contributed by atoms with Crippen molar-refractivity contribution in [3.63, 3.8) is 0 Å². The van der Waals surface area contributed by atoms with Crippen LogP contribution < -0.4 is 5.32 Å². The summed E-state index contributed by atoms with van der Waals surface area (Å²) in [4.78, 5) is 23.9. The second-order valence-corrected chi connectivity index (χ2v) is 6.29. The van der Waals surface area contributed by atoms with E-state index in [9.17, 15) is 9.59 Å². The molecule has 0 saturated heterocycles. The zero-order valence-corrected chi connectivity index (χ0v) is 12.3. The van der Waals surface area contributed by atoms with Crippen molar-refractivity contribution in [3.8, 4) is 6.07 Å². The lowest BCUT2D eigenvalue weighted by Crippen LogP contribution is -2.44. The number of nitriles is 1. The lowest BCUT2D eigenvalue weighted by Gasteiger charge is -2.21. The van der Waals surface area contributed by atoms with Crippen molar-refractivity contribution < 1.29 is 19.4 Å². The van der Waals surface area contributed by atoms with Crippen molar-refractivity contribution in [2.75, 3.05) is 0 Å². The SMILES string of the molecule is CC(C)(C)OC(=O)N[C@H](Cc1ccc(C#N)s1)C(=O)O. The molecule has 6 nitrogen and oxygen atoms in total. The van der Waals surface area contributed by atoms with Gasteiger partial charge in [-0.05, 0) is 32.9 Å². The van der Waals surface area contributed by atoms with Crippen LogP contribution in [0.4, 0.5) is 4.79 Å². The highest BCUT2D eigenvalue weighted by Gasteiger charge is 2.24. The van der Waals surface area contributed by atoms with Crippen LogP contribution in [0.25, 0.3) is 0 Å². The number of ether oxygens (including phenoxy) is 1. The number of amides is 1. The average molecular weight is 296 g/mol. The highest BCUT2D eigenvalue weighted by molar-refractivity contribution is 7.12. The van der Waals surface area contributed by atoms with E-state index in [1.807, 2.05) is 6.07 Å². The van der Waals surface area contributed by atoms with Crippen molar-refractivity contribution in [3.05, 3.63) is 21.9 Å². The fourth-order valence-electron chi connectivity index (χ4n) is 1.40. The number of nitrogens with one attached hydrogen (secondary N) is 1. The molecule has 0 bridgehead atoms. The Hall–Kier alpha value is -2.07. The second kappa shape index (κ2) is 6.39. The molecule has 1 amide bonds. The van der Waals surface area contributed by atoms with Gasteiger partial charge in [-0.3, -0.25) is 0 Å². The van der Waals surface area contributed by atoms with E-state index in [0.29, 0.717) is 9.75 Å². The molecule has 0 spiro atoms. The second-order valence-electron chi connectivity index (χ2n) is 5.12. The van der Waals surface area contributed by atoms with Gasteiger partial charge in [-0.15, -0.1) is 11.3 Å². The van der Waals surface area contributed by atoms with E-state index in [2.05, 4.69) is 5.32 Å². The quantitative estimate of drug-likeness (QED) is 0.886. The molecule has 0 aliphatic heterocycles. The molecule has 0 aliphatic carbocycles. The molecule has 1 rings (SSSR count). The van der Waals surface area contributed by atoms with Crippen molar-refractivity contribution >= 4 is 23.4 Å². The first kappa shape index (κ1) is 16.0. The number of aliphatic carboxylic acids is 1. The number of carbonyl (C=O) groups excluding carboxylic acids is 1. The molecule has 2 N–H and O–H groups in total. The van der Waals surface area contributed by atoms with Gasteiger partial charge in [0.1, 0.15) is 22.6 Å². The highest BCUT2D eigenvalue weighted by atomic mass is 32.1. The van der Waals surface area contributed by atoms with Crippen molar-refractivity contribution in [1.82, 2.24) is 5.32 Å². The van der Waals surface area contributed by atoms with Crippen LogP contribution in [-0.4, -0.2) is 28.8 Å². The Morgan fingerprint density at radius 1 is 1.50 bits per heavy atom. The number of hydrogen-bond donors (Lipinski definition) is 2. The van der Waals surface area contributed by atoms with Gasteiger partial charge in [0.25, 0.3) is 0 Å². The first-order chi connectivity index (χ1) is 9.21. The number of carboxylic acid groups (broad SMARTS) is 1. The topological polar surface area (TPSA) is 99.4 Å². The Balaban J connectivity index is 2.68. The summed E-state index contributed by atoms with van der Waals surface area (Å²) in [5.41, 5.74) is -0.690. The number of rotatable bonds is 4. The number of nitrogens with zero attached hydrogens (tertiary/aromatic N) is 1. The molecular weight excluding hydrogens is 280 g/mol. The van der Waals surface area contributed by atoms with Gasteiger partial charge >= 0.3 is 12.1 Å². The van der Waals surface area contributed by atoms with Gasteiger partial charge in [0, 0.05) is 11.3 Å². The summed E-state index contributed by atoms with van der Waals surface area (Å²) in [7, 11) is 0. The molecular formula is C13H16N2O4S. The van der Waals surface area contributed by atoms with Crippen LogP contribution in [0, 0.1) is 11.3 Å². The van der Waals surface area contributed by atoms with Crippen LogP contribution in [0.15, 0.2) is 12.1 Å². The molecule has 0 saturated carbocycles. The third kappa shape index (κ3) is 5.28. The molecule has 1 aromatic heterocycles. The maximum Gasteiger partial charge on any atom is 0.408 e. The molecule has 7 heteroatoms. The van der Waals surface area contributed by atoms with Gasteiger partial charge in [-0.1, -0.05) is 0 Å². The fraction of sp³-hybridized carbons (Fsp3) is 0.462. The van der Waals surface area contributed by atoms with E-state index in [-0.39, 0.29) is 6.42 Å². The molecule has 0 radical (unpaired) electrons. The maximum absolute atomic E-state index is 11.6. The molecule has 1 heterocycles. The molecule has 20 heavy (non-hydrogen) atoms. The summed E-state index contributed by atoms with van der Waals surface area (Å²) < 4.78 is 5.02. The molecule has 0 unspecified atom stereocenters. The third-order valence-corrected chi connectivity index (χ3v) is 3.18. The van der Waals surface area contributed by atoms with Gasteiger partial charge in [0.15, 0.2) is 0 Å². The zero-order valence-electron chi connectivity index (χ0n) is 11.5. The first-order valence-electron chi connectivity index (χ1n) is 5.92. The summed E-state index contributed by atoms with van der Waals surface area (Å²) in [6.07, 6.45) is -0.664. The van der Waals surface area contributed by atoms with E-state index in [1.165, 1.54) is 11.3 Å². The third-order valence-electron chi connectivity index (χ3n) is 2.17. The number of hydrogen-bond acceptors (Lipinski definition) is 5. The predicted octanol–water partition coefficient (Wildman–Crippen LogP) is 2.14. The normalized spacial score (nSPS) is 12.3. The first-order valence-corrected chi connectivity index (χ1v) is 6.74. The Morgan fingerprint density at radius 2 is 2.15 bits per heavy atom. The van der Waals surface area contributed by atoms with Crippen LogP contribution in [-0.2, 0) is 16.0 Å². The molecule has 0 aromatic carbocycles. The van der Waals surface area contributed by atoms with Crippen LogP contribution in [0.1, 0.15) is 30.5 Å². The van der Waals surface area contributed by atoms with Gasteiger partial charge in [0.2, 0.25) is 0 Å². The number of carbonyl (C=O) groups is 2. The molecule has 1 aromatic rings. The summed E-state index contributed by atoms with van der Waals surface area (Å²) in [5, 5.41) is 20.1. The smallest absolute Gasteiger partial charge is 0.408 e. The number of alkyl carbamates (subject to hydrolysis) is 1. The van der Waals surface area contributed by atoms with Gasteiger partial charge < -0.3 is 15.2 Å². The molecule has 1 atom stereocenters. The number of carboxylic acids is 1. The van der Waals surface area contributed by atoms with Crippen molar-refractivity contribution in [1.29, 1.82) is 5.26 Å². The maximum atomic E-state index is 11.6. The molecule has 108 valence electrons. The van der Waals surface area contributed by atoms with E-state index in [1.54, 1.807) is 32.9 Å². The highest BCUT2D eigenvalue weighted by Crippen LogP contribution is 2.17. The van der Waals surface area contributed by atoms with Crippen LogP contribution in [0.3, 0.4) is 0 Å². The molecule has 0 aliphatic rings. The monoisotopic (exact) mass is 296 g/mol. The van der Waals surface area contributed by atoms with Gasteiger partial charge in [0.05, 0.1) is 0 Å². The van der Waals surface area contributed by atoms with E-state index < -0.39 is 23.7 Å². The summed E-state index contributed by atoms with van der Waals surface area (Å²) >= 11 is 1.20. The lowest BCUT2D eigenvalue weighted by molar-refractivity contribution is -0.139. The Morgan fingerprint density at radius 3 is 2.60 bits per heavy atom. The minimum atomic E-state index is -1.15. The van der Waals surface area contributed by atoms with Gasteiger partial charge in [-0.25, -0.2) is 9.59 Å². The van der Waals surface area contributed by atoms with Gasteiger partial charge in [-0.2, -0.15) is 5.26 Å². The van der Waals surface area contributed by atoms with Crippen LogP contribution in [0.5, 0.6) is 0 Å².